The molecule has 0 aliphatic heterocycles. The second-order valence-electron chi connectivity index (χ2n) is 4.95. The Hall–Kier alpha value is -1.29. The van der Waals surface area contributed by atoms with E-state index in [-0.39, 0.29) is 0 Å². The number of nitrogens with one attached hydrogen (secondary N) is 1. The molecular formula is C14H22N2O2. The molecule has 0 saturated heterocycles. The molecule has 1 aromatic heterocycles. The van der Waals surface area contributed by atoms with Gasteiger partial charge in [-0.3, -0.25) is 4.98 Å². The smallest absolute Gasteiger partial charge is 0.183 e. The van der Waals surface area contributed by atoms with E-state index in [1.165, 1.54) is 19.3 Å². The van der Waals surface area contributed by atoms with Gasteiger partial charge in [-0.1, -0.05) is 6.92 Å². The van der Waals surface area contributed by atoms with E-state index in [9.17, 15) is 0 Å². The molecule has 100 valence electrons. The lowest BCUT2D eigenvalue weighted by Gasteiger charge is -2.15. The third-order valence-corrected chi connectivity index (χ3v) is 3.87. The highest BCUT2D eigenvalue weighted by atomic mass is 16.5. The average molecular weight is 250 g/mol. The predicted octanol–water partition coefficient (Wildman–Crippen LogP) is 2.38. The minimum atomic E-state index is 0.548. The molecule has 0 atom stereocenters. The van der Waals surface area contributed by atoms with Gasteiger partial charge in [0.15, 0.2) is 11.5 Å². The van der Waals surface area contributed by atoms with Gasteiger partial charge in [0.05, 0.1) is 19.9 Å². The normalized spacial score (nSPS) is 16.4. The maximum absolute atomic E-state index is 5.36. The van der Waals surface area contributed by atoms with Crippen molar-refractivity contribution in [3.05, 3.63) is 18.0 Å². The summed E-state index contributed by atoms with van der Waals surface area (Å²) < 4.78 is 10.6. The topological polar surface area (TPSA) is 43.4 Å². The lowest BCUT2D eigenvalue weighted by Crippen LogP contribution is -2.23. The first-order chi connectivity index (χ1) is 8.74. The van der Waals surface area contributed by atoms with Gasteiger partial charge in [0.2, 0.25) is 0 Å². The largest absolute Gasteiger partial charge is 0.493 e. The highest BCUT2D eigenvalue weighted by Crippen LogP contribution is 2.47. The van der Waals surface area contributed by atoms with E-state index < -0.39 is 0 Å². The minimum absolute atomic E-state index is 0.548. The van der Waals surface area contributed by atoms with Gasteiger partial charge in [0, 0.05) is 25.4 Å². The second-order valence-corrected chi connectivity index (χ2v) is 4.95. The maximum atomic E-state index is 5.36. The fraction of sp³-hybridized carbons (Fsp3) is 0.643. The van der Waals surface area contributed by atoms with Crippen LogP contribution in [0.25, 0.3) is 0 Å². The van der Waals surface area contributed by atoms with Gasteiger partial charge in [-0.05, 0) is 24.7 Å². The summed E-state index contributed by atoms with van der Waals surface area (Å²) in [5.41, 5.74) is 1.45. The number of pyridine rings is 1. The van der Waals surface area contributed by atoms with Crippen LogP contribution in [0, 0.1) is 5.41 Å². The first-order valence-electron chi connectivity index (χ1n) is 6.51. The van der Waals surface area contributed by atoms with E-state index in [1.807, 2.05) is 6.07 Å². The van der Waals surface area contributed by atoms with Gasteiger partial charge in [0.1, 0.15) is 0 Å². The highest BCUT2D eigenvalue weighted by molar-refractivity contribution is 5.42. The first-order valence-corrected chi connectivity index (χ1v) is 6.51. The Balaban J connectivity index is 1.96. The Morgan fingerprint density at radius 1 is 1.33 bits per heavy atom. The molecule has 1 heterocycles. The van der Waals surface area contributed by atoms with Crippen molar-refractivity contribution in [2.24, 2.45) is 5.41 Å². The number of aromatic nitrogens is 1. The molecule has 4 nitrogen and oxygen atoms in total. The van der Waals surface area contributed by atoms with Gasteiger partial charge in [-0.25, -0.2) is 0 Å². The summed E-state index contributed by atoms with van der Waals surface area (Å²) in [4.78, 5) is 4.36. The maximum Gasteiger partial charge on any atom is 0.183 e. The van der Waals surface area contributed by atoms with E-state index >= 15 is 0 Å². The highest BCUT2D eigenvalue weighted by Gasteiger charge is 2.39. The summed E-state index contributed by atoms with van der Waals surface area (Å²) in [6, 6.07) is 1.82. The molecule has 0 amide bonds. The fourth-order valence-electron chi connectivity index (χ4n) is 2.25. The first kappa shape index (κ1) is 13.1. The van der Waals surface area contributed by atoms with Crippen LogP contribution in [-0.2, 0) is 6.54 Å². The van der Waals surface area contributed by atoms with Gasteiger partial charge in [-0.15, -0.1) is 0 Å². The molecular weight excluding hydrogens is 228 g/mol. The van der Waals surface area contributed by atoms with Gasteiger partial charge in [0.25, 0.3) is 0 Å². The lowest BCUT2D eigenvalue weighted by molar-refractivity contribution is 0.346. The Morgan fingerprint density at radius 2 is 2.11 bits per heavy atom. The number of nitrogens with zero attached hydrogens (tertiary/aromatic N) is 1. The number of ether oxygens (including phenoxy) is 2. The van der Waals surface area contributed by atoms with Crippen LogP contribution in [0.4, 0.5) is 0 Å². The SMILES string of the molecule is CCC1(CNCc2nccc(OC)c2OC)CC1. The Labute approximate surface area is 109 Å². The van der Waals surface area contributed by atoms with Crippen molar-refractivity contribution in [1.29, 1.82) is 0 Å². The molecule has 1 N–H and O–H groups in total. The van der Waals surface area contributed by atoms with Crippen LogP contribution in [0.2, 0.25) is 0 Å². The van der Waals surface area contributed by atoms with Crippen LogP contribution in [0.15, 0.2) is 12.3 Å². The molecule has 1 aliphatic rings. The van der Waals surface area contributed by atoms with E-state index in [2.05, 4.69) is 17.2 Å². The molecule has 0 aromatic carbocycles. The van der Waals surface area contributed by atoms with Crippen molar-refractivity contribution in [2.75, 3.05) is 20.8 Å². The molecule has 2 rings (SSSR count). The van der Waals surface area contributed by atoms with E-state index in [0.717, 1.165) is 30.3 Å². The number of hydrogen-bond donors (Lipinski definition) is 1. The molecule has 1 aliphatic carbocycles. The van der Waals surface area contributed by atoms with Crippen LogP contribution in [0.5, 0.6) is 11.5 Å². The Kier molecular flexibility index (Phi) is 4.07. The number of methoxy groups -OCH3 is 2. The zero-order valence-corrected chi connectivity index (χ0v) is 11.5. The van der Waals surface area contributed by atoms with Crippen molar-refractivity contribution in [2.45, 2.75) is 32.7 Å². The number of rotatable bonds is 7. The average Bonchev–Trinajstić information content (AvgIpc) is 3.19. The molecule has 0 radical (unpaired) electrons. The van der Waals surface area contributed by atoms with Crippen molar-refractivity contribution < 1.29 is 9.47 Å². The molecule has 18 heavy (non-hydrogen) atoms. The molecule has 1 fully saturated rings. The zero-order valence-electron chi connectivity index (χ0n) is 11.5. The van der Waals surface area contributed by atoms with Crippen LogP contribution in [0.3, 0.4) is 0 Å². The van der Waals surface area contributed by atoms with Crippen molar-refractivity contribution in [1.82, 2.24) is 10.3 Å². The predicted molar refractivity (Wildman–Crippen MR) is 71.0 cm³/mol. The summed E-state index contributed by atoms with van der Waals surface area (Å²) in [5.74, 6) is 1.47. The second kappa shape index (κ2) is 5.57. The molecule has 1 aromatic rings. The summed E-state index contributed by atoms with van der Waals surface area (Å²) in [7, 11) is 3.29. The van der Waals surface area contributed by atoms with Crippen molar-refractivity contribution >= 4 is 0 Å². The van der Waals surface area contributed by atoms with Gasteiger partial charge < -0.3 is 14.8 Å². The zero-order chi connectivity index (χ0) is 13.0. The quantitative estimate of drug-likeness (QED) is 0.807. The number of hydrogen-bond acceptors (Lipinski definition) is 4. The van der Waals surface area contributed by atoms with Crippen LogP contribution >= 0.6 is 0 Å². The Morgan fingerprint density at radius 3 is 2.67 bits per heavy atom. The summed E-state index contributed by atoms with van der Waals surface area (Å²) in [6.45, 7) is 4.05. The van der Waals surface area contributed by atoms with Crippen LogP contribution < -0.4 is 14.8 Å². The standard InChI is InChI=1S/C14H22N2O2/c1-4-14(6-7-14)10-15-9-11-13(18-3)12(17-2)5-8-16-11/h5,8,15H,4,6-7,9-10H2,1-3H3. The van der Waals surface area contributed by atoms with Crippen LogP contribution in [0.1, 0.15) is 31.9 Å². The minimum Gasteiger partial charge on any atom is -0.493 e. The molecule has 0 unspecified atom stereocenters. The molecule has 0 bridgehead atoms. The summed E-state index contributed by atoms with van der Waals surface area (Å²) in [6.07, 6.45) is 5.70. The Bertz CT molecular complexity index is 403. The van der Waals surface area contributed by atoms with E-state index in [1.54, 1.807) is 20.4 Å². The molecule has 0 spiro atoms. The molecule has 1 saturated carbocycles. The third kappa shape index (κ3) is 2.75. The lowest BCUT2D eigenvalue weighted by atomic mass is 10.0. The van der Waals surface area contributed by atoms with E-state index in [4.69, 9.17) is 9.47 Å². The van der Waals surface area contributed by atoms with Gasteiger partial charge >= 0.3 is 0 Å². The summed E-state index contributed by atoms with van der Waals surface area (Å²) >= 11 is 0. The fourth-order valence-corrected chi connectivity index (χ4v) is 2.25. The summed E-state index contributed by atoms with van der Waals surface area (Å²) in [5, 5.41) is 3.48. The van der Waals surface area contributed by atoms with E-state index in [0.29, 0.717) is 5.41 Å². The van der Waals surface area contributed by atoms with Gasteiger partial charge in [-0.2, -0.15) is 0 Å². The molecule has 4 heteroatoms. The third-order valence-electron chi connectivity index (χ3n) is 3.87. The van der Waals surface area contributed by atoms with Crippen molar-refractivity contribution in [3.8, 4) is 11.5 Å². The van der Waals surface area contributed by atoms with Crippen LogP contribution in [-0.4, -0.2) is 25.7 Å². The van der Waals surface area contributed by atoms with Crippen molar-refractivity contribution in [3.63, 3.8) is 0 Å². The monoisotopic (exact) mass is 250 g/mol.